The number of amides is 1. The molecule has 4 nitrogen and oxygen atoms in total. The average Bonchev–Trinajstić information content (AvgIpc) is 2.51. The average molecular weight is 468 g/mol. The second-order valence-corrected chi connectivity index (χ2v) is 6.81. The summed E-state index contributed by atoms with van der Waals surface area (Å²) in [6.07, 6.45) is -2.83. The molecule has 0 saturated carbocycles. The lowest BCUT2D eigenvalue weighted by atomic mass is 10.1. The second-order valence-electron chi connectivity index (χ2n) is 5.16. The molecular weight excluding hydrogens is 458 g/mol. The first-order valence-corrected chi connectivity index (χ1v) is 8.27. The number of carbonyl (C=O) groups is 1. The van der Waals surface area contributed by atoms with Crippen molar-refractivity contribution in [1.82, 2.24) is 4.98 Å². The molecule has 1 aromatic carbocycles. The third kappa shape index (κ3) is 3.44. The summed E-state index contributed by atoms with van der Waals surface area (Å²) < 4.78 is 39.5. The Kier molecular flexibility index (Phi) is 4.60. The van der Waals surface area contributed by atoms with E-state index in [-0.39, 0.29) is 29.6 Å². The Morgan fingerprint density at radius 1 is 1.33 bits per heavy atom. The zero-order valence-corrected chi connectivity index (χ0v) is 14.9. The van der Waals surface area contributed by atoms with Crippen LogP contribution in [0.5, 0.6) is 0 Å². The summed E-state index contributed by atoms with van der Waals surface area (Å²) in [5, 5.41) is 3.06. The van der Waals surface area contributed by atoms with Crippen LogP contribution in [0.2, 0.25) is 5.02 Å². The highest BCUT2D eigenvalue weighted by Gasteiger charge is 2.32. The van der Waals surface area contributed by atoms with E-state index < -0.39 is 11.7 Å². The van der Waals surface area contributed by atoms with Crippen molar-refractivity contribution in [3.63, 3.8) is 0 Å². The summed E-state index contributed by atoms with van der Waals surface area (Å²) in [6.45, 7) is -0.0325. The fourth-order valence-corrected chi connectivity index (χ4v) is 2.99. The van der Waals surface area contributed by atoms with Gasteiger partial charge in [0.05, 0.1) is 24.3 Å². The van der Waals surface area contributed by atoms with Crippen molar-refractivity contribution in [1.29, 1.82) is 0 Å². The predicted octanol–water partition coefficient (Wildman–Crippen LogP) is 4.32. The Labute approximate surface area is 154 Å². The van der Waals surface area contributed by atoms with Crippen LogP contribution in [0.1, 0.15) is 11.1 Å². The minimum absolute atomic E-state index is 0.0250. The first kappa shape index (κ1) is 17.3. The number of carbonyl (C=O) groups excluding carboxylic acids is 1. The molecule has 2 heterocycles. The Balaban J connectivity index is 2.00. The van der Waals surface area contributed by atoms with Gasteiger partial charge in [0.25, 0.3) is 0 Å². The first-order valence-electron chi connectivity index (χ1n) is 6.81. The quantitative estimate of drug-likeness (QED) is 0.670. The van der Waals surface area contributed by atoms with Gasteiger partial charge < -0.3 is 10.2 Å². The largest absolute Gasteiger partial charge is 0.416 e. The molecule has 0 radical (unpaired) electrons. The molecule has 0 saturated heterocycles. The molecular formula is C15H10ClF3IN3O. The van der Waals surface area contributed by atoms with Crippen LogP contribution >= 0.6 is 34.2 Å². The smallest absolute Gasteiger partial charge is 0.359 e. The number of pyridine rings is 1. The van der Waals surface area contributed by atoms with Crippen molar-refractivity contribution in [2.24, 2.45) is 0 Å². The van der Waals surface area contributed by atoms with Crippen LogP contribution in [0.15, 0.2) is 30.5 Å². The molecule has 1 aliphatic rings. The van der Waals surface area contributed by atoms with E-state index in [2.05, 4.69) is 32.9 Å². The van der Waals surface area contributed by atoms with Crippen LogP contribution in [-0.2, 0) is 17.5 Å². The number of hydrogen-bond acceptors (Lipinski definition) is 3. The zero-order valence-electron chi connectivity index (χ0n) is 12.0. The Morgan fingerprint density at radius 2 is 2.08 bits per heavy atom. The number of nitrogens with zero attached hydrogens (tertiary/aromatic N) is 2. The highest BCUT2D eigenvalue weighted by molar-refractivity contribution is 14.1. The molecule has 1 aromatic heterocycles. The second kappa shape index (κ2) is 6.40. The number of aromatic nitrogens is 1. The van der Waals surface area contributed by atoms with Gasteiger partial charge in [0.15, 0.2) is 5.82 Å². The predicted molar refractivity (Wildman–Crippen MR) is 93.1 cm³/mol. The molecule has 24 heavy (non-hydrogen) atoms. The van der Waals surface area contributed by atoms with E-state index in [1.54, 1.807) is 12.3 Å². The minimum atomic E-state index is -4.47. The maximum atomic E-state index is 12.9. The van der Waals surface area contributed by atoms with Crippen molar-refractivity contribution in [3.8, 4) is 0 Å². The number of hydrogen-bond donors (Lipinski definition) is 1. The van der Waals surface area contributed by atoms with E-state index in [9.17, 15) is 18.0 Å². The Hall–Kier alpha value is -1.55. The zero-order chi connectivity index (χ0) is 17.5. The van der Waals surface area contributed by atoms with E-state index in [1.165, 1.54) is 11.0 Å². The van der Waals surface area contributed by atoms with Crippen molar-refractivity contribution in [2.75, 3.05) is 16.8 Å². The number of halogens is 5. The van der Waals surface area contributed by atoms with Crippen LogP contribution in [-0.4, -0.2) is 17.4 Å². The fourth-order valence-electron chi connectivity index (χ4n) is 2.38. The van der Waals surface area contributed by atoms with Crippen LogP contribution in [0.4, 0.5) is 24.7 Å². The third-order valence-electron chi connectivity index (χ3n) is 3.53. The first-order chi connectivity index (χ1) is 11.3. The maximum absolute atomic E-state index is 12.9. The number of rotatable bonds is 2. The highest BCUT2D eigenvalue weighted by atomic mass is 127. The molecule has 126 valence electrons. The van der Waals surface area contributed by atoms with Crippen LogP contribution in [0.25, 0.3) is 0 Å². The summed E-state index contributed by atoms with van der Waals surface area (Å²) in [6, 6.07) is 4.83. The van der Waals surface area contributed by atoms with Crippen molar-refractivity contribution in [2.45, 2.75) is 12.7 Å². The molecule has 9 heteroatoms. The molecule has 0 unspecified atom stereocenters. The van der Waals surface area contributed by atoms with Crippen LogP contribution < -0.4 is 10.2 Å². The van der Waals surface area contributed by atoms with Crippen molar-refractivity contribution < 1.29 is 18.0 Å². The van der Waals surface area contributed by atoms with Gasteiger partial charge in [0, 0.05) is 14.8 Å². The number of fused-ring (bicyclic) bond motifs is 1. The van der Waals surface area contributed by atoms with Gasteiger partial charge in [0.2, 0.25) is 5.91 Å². The number of nitrogens with one attached hydrogen (secondary N) is 1. The number of anilines is 2. The van der Waals surface area contributed by atoms with Gasteiger partial charge in [-0.1, -0.05) is 11.6 Å². The van der Waals surface area contributed by atoms with E-state index in [0.717, 1.165) is 15.7 Å². The third-order valence-corrected chi connectivity index (χ3v) is 4.49. The van der Waals surface area contributed by atoms with Gasteiger partial charge in [-0.05, 0) is 52.4 Å². The van der Waals surface area contributed by atoms with E-state index in [0.29, 0.717) is 11.5 Å². The summed E-state index contributed by atoms with van der Waals surface area (Å²) in [7, 11) is 0. The van der Waals surface area contributed by atoms with Crippen molar-refractivity contribution in [3.05, 3.63) is 50.2 Å². The lowest BCUT2D eigenvalue weighted by molar-refractivity contribution is -0.137. The maximum Gasteiger partial charge on any atom is 0.416 e. The summed E-state index contributed by atoms with van der Waals surface area (Å²) in [4.78, 5) is 17.8. The summed E-state index contributed by atoms with van der Waals surface area (Å²) in [5.41, 5.74) is -0.0522. The minimum Gasteiger partial charge on any atom is -0.359 e. The number of alkyl halides is 3. The van der Waals surface area contributed by atoms with Crippen LogP contribution in [0.3, 0.4) is 0 Å². The highest BCUT2D eigenvalue weighted by Crippen LogP contribution is 2.34. The molecule has 0 bridgehead atoms. The molecule has 2 aromatic rings. The Morgan fingerprint density at radius 3 is 2.79 bits per heavy atom. The van der Waals surface area contributed by atoms with E-state index in [4.69, 9.17) is 11.6 Å². The topological polar surface area (TPSA) is 45.2 Å². The molecule has 0 atom stereocenters. The molecule has 0 spiro atoms. The van der Waals surface area contributed by atoms with E-state index >= 15 is 0 Å². The lowest BCUT2D eigenvalue weighted by Crippen LogP contribution is -2.40. The van der Waals surface area contributed by atoms with Crippen molar-refractivity contribution >= 4 is 51.6 Å². The van der Waals surface area contributed by atoms with E-state index in [1.807, 2.05) is 0 Å². The SMILES string of the molecule is O=C1CNc2ncc(I)cc2N1Cc1cc(C(F)(F)F)ccc1Cl. The molecule has 3 rings (SSSR count). The normalized spacial score (nSPS) is 14.4. The van der Waals surface area contributed by atoms with Gasteiger partial charge in [-0.3, -0.25) is 4.79 Å². The van der Waals surface area contributed by atoms with Gasteiger partial charge in [0.1, 0.15) is 0 Å². The molecule has 1 N–H and O–H groups in total. The lowest BCUT2D eigenvalue weighted by Gasteiger charge is -2.30. The standard InChI is InChI=1S/C15H10ClF3IN3O/c16-11-2-1-9(15(17,18)19)3-8(11)7-23-12-4-10(20)5-21-14(12)22-6-13(23)24/h1-5H,6-7H2,(H,21,22). The Bertz CT molecular complexity index is 813. The number of benzene rings is 1. The van der Waals surface area contributed by atoms with Gasteiger partial charge in [-0.2, -0.15) is 13.2 Å². The summed E-state index contributed by atoms with van der Waals surface area (Å²) in [5.74, 6) is 0.248. The van der Waals surface area contributed by atoms with Gasteiger partial charge >= 0.3 is 6.18 Å². The van der Waals surface area contributed by atoms with Gasteiger partial charge in [-0.15, -0.1) is 0 Å². The summed E-state index contributed by atoms with van der Waals surface area (Å²) >= 11 is 8.09. The molecule has 0 aliphatic carbocycles. The monoisotopic (exact) mass is 467 g/mol. The van der Waals surface area contributed by atoms with Gasteiger partial charge in [-0.25, -0.2) is 4.98 Å². The molecule has 0 fully saturated rings. The molecule has 1 amide bonds. The fraction of sp³-hybridized carbons (Fsp3) is 0.200. The molecule has 1 aliphatic heterocycles. The van der Waals surface area contributed by atoms with Crippen LogP contribution in [0, 0.1) is 3.57 Å².